The highest BCUT2D eigenvalue weighted by molar-refractivity contribution is 9.10. The molecule has 1 N–H and O–H groups in total. The van der Waals surface area contributed by atoms with Crippen molar-refractivity contribution in [3.05, 3.63) is 51.6 Å². The second-order valence-electron chi connectivity index (χ2n) is 4.08. The van der Waals surface area contributed by atoms with Gasteiger partial charge in [-0.1, -0.05) is 33.6 Å². The Morgan fingerprint density at radius 3 is 2.89 bits per heavy atom. The molecule has 1 atom stereocenters. The first-order chi connectivity index (χ1) is 9.11. The number of pyridine rings is 1. The molecular formula is C14H14BrClN2O. The number of aromatic nitrogens is 1. The van der Waals surface area contributed by atoms with Gasteiger partial charge in [0.2, 0.25) is 5.88 Å². The van der Waals surface area contributed by atoms with Crippen molar-refractivity contribution >= 4 is 27.5 Å². The van der Waals surface area contributed by atoms with E-state index in [0.717, 1.165) is 10.0 Å². The van der Waals surface area contributed by atoms with Crippen LogP contribution in [0.3, 0.4) is 0 Å². The lowest BCUT2D eigenvalue weighted by molar-refractivity contribution is 0.447. The van der Waals surface area contributed by atoms with Gasteiger partial charge >= 0.3 is 0 Å². The Balaban J connectivity index is 2.35. The molecule has 0 aliphatic rings. The topological polar surface area (TPSA) is 34.2 Å². The molecule has 0 spiro atoms. The highest BCUT2D eigenvalue weighted by atomic mass is 79.9. The molecule has 0 bridgehead atoms. The van der Waals surface area contributed by atoms with Crippen LogP contribution < -0.4 is 10.1 Å². The van der Waals surface area contributed by atoms with Gasteiger partial charge in [-0.15, -0.1) is 0 Å². The van der Waals surface area contributed by atoms with Crippen LogP contribution in [-0.4, -0.2) is 12.0 Å². The summed E-state index contributed by atoms with van der Waals surface area (Å²) in [6.45, 7) is 2.05. The van der Waals surface area contributed by atoms with Crippen molar-refractivity contribution in [2.45, 2.75) is 13.0 Å². The number of halogens is 2. The van der Waals surface area contributed by atoms with E-state index in [4.69, 9.17) is 16.3 Å². The predicted molar refractivity (Wildman–Crippen MR) is 80.9 cm³/mol. The molecule has 0 aliphatic heterocycles. The van der Waals surface area contributed by atoms with Crippen molar-refractivity contribution in [2.75, 3.05) is 7.05 Å². The summed E-state index contributed by atoms with van der Waals surface area (Å²) < 4.78 is 6.74. The Morgan fingerprint density at radius 2 is 2.16 bits per heavy atom. The van der Waals surface area contributed by atoms with Gasteiger partial charge < -0.3 is 10.1 Å². The SMILES string of the molecule is CNC(C)c1cccnc1Oc1cc(Br)ccc1Cl. The molecule has 1 aromatic carbocycles. The molecule has 0 saturated heterocycles. The molecule has 0 fully saturated rings. The van der Waals surface area contributed by atoms with Gasteiger partial charge in [-0.25, -0.2) is 4.98 Å². The van der Waals surface area contributed by atoms with Crippen LogP contribution in [0.5, 0.6) is 11.6 Å². The first kappa shape index (κ1) is 14.3. The number of nitrogens with one attached hydrogen (secondary N) is 1. The number of ether oxygens (including phenoxy) is 1. The molecule has 0 radical (unpaired) electrons. The Morgan fingerprint density at radius 1 is 1.37 bits per heavy atom. The summed E-state index contributed by atoms with van der Waals surface area (Å²) in [7, 11) is 1.90. The maximum absolute atomic E-state index is 6.12. The Kier molecular flexibility index (Phi) is 4.80. The second kappa shape index (κ2) is 6.37. The molecule has 3 nitrogen and oxygen atoms in total. The highest BCUT2D eigenvalue weighted by Gasteiger charge is 2.13. The lowest BCUT2D eigenvalue weighted by Gasteiger charge is -2.15. The second-order valence-corrected chi connectivity index (χ2v) is 5.41. The molecule has 1 heterocycles. The fourth-order valence-corrected chi connectivity index (χ4v) is 2.13. The molecule has 2 aromatic rings. The monoisotopic (exact) mass is 340 g/mol. The molecule has 1 unspecified atom stereocenters. The molecule has 2 rings (SSSR count). The molecule has 0 saturated carbocycles. The largest absolute Gasteiger partial charge is 0.437 e. The van der Waals surface area contributed by atoms with Gasteiger partial charge in [0.1, 0.15) is 5.75 Å². The van der Waals surface area contributed by atoms with Crippen LogP contribution in [-0.2, 0) is 0 Å². The summed E-state index contributed by atoms with van der Waals surface area (Å²) in [6.07, 6.45) is 1.70. The highest BCUT2D eigenvalue weighted by Crippen LogP contribution is 2.33. The fourth-order valence-electron chi connectivity index (χ4n) is 1.63. The van der Waals surface area contributed by atoms with Crippen molar-refractivity contribution in [1.29, 1.82) is 0 Å². The first-order valence-electron chi connectivity index (χ1n) is 5.87. The van der Waals surface area contributed by atoms with Crippen LogP contribution in [0.15, 0.2) is 41.0 Å². The van der Waals surface area contributed by atoms with Gasteiger partial charge in [0.15, 0.2) is 0 Å². The van der Waals surface area contributed by atoms with Crippen LogP contribution in [0.1, 0.15) is 18.5 Å². The minimum Gasteiger partial charge on any atom is -0.437 e. The molecular weight excluding hydrogens is 328 g/mol. The van der Waals surface area contributed by atoms with Gasteiger partial charge in [0.05, 0.1) is 5.02 Å². The summed E-state index contributed by atoms with van der Waals surface area (Å²) >= 11 is 9.52. The van der Waals surface area contributed by atoms with Gasteiger partial charge in [0.25, 0.3) is 0 Å². The van der Waals surface area contributed by atoms with E-state index in [1.54, 1.807) is 12.3 Å². The van der Waals surface area contributed by atoms with Crippen molar-refractivity contribution < 1.29 is 4.74 Å². The van der Waals surface area contributed by atoms with Crippen molar-refractivity contribution in [2.24, 2.45) is 0 Å². The number of hydrogen-bond donors (Lipinski definition) is 1. The third-order valence-corrected chi connectivity index (χ3v) is 3.61. The van der Waals surface area contributed by atoms with Gasteiger partial charge in [-0.3, -0.25) is 0 Å². The maximum Gasteiger partial charge on any atom is 0.224 e. The van der Waals surface area contributed by atoms with E-state index in [9.17, 15) is 0 Å². The van der Waals surface area contributed by atoms with E-state index in [1.165, 1.54) is 0 Å². The summed E-state index contributed by atoms with van der Waals surface area (Å²) in [6, 6.07) is 9.49. The summed E-state index contributed by atoms with van der Waals surface area (Å²) in [5, 5.41) is 3.72. The fraction of sp³-hybridized carbons (Fsp3) is 0.214. The number of benzene rings is 1. The summed E-state index contributed by atoms with van der Waals surface area (Å²) in [5.74, 6) is 1.14. The van der Waals surface area contributed by atoms with Crippen LogP contribution in [0.2, 0.25) is 5.02 Å². The number of hydrogen-bond acceptors (Lipinski definition) is 3. The van der Waals surface area contributed by atoms with Crippen LogP contribution in [0, 0.1) is 0 Å². The molecule has 100 valence electrons. The minimum absolute atomic E-state index is 0.148. The molecule has 5 heteroatoms. The van der Waals surface area contributed by atoms with Crippen LogP contribution >= 0.6 is 27.5 Å². The van der Waals surface area contributed by atoms with E-state index in [-0.39, 0.29) is 6.04 Å². The maximum atomic E-state index is 6.12. The van der Waals surface area contributed by atoms with Gasteiger partial charge in [-0.05, 0) is 38.2 Å². The Hall–Kier alpha value is -1.10. The standard InChI is InChI=1S/C14H14BrClN2O/c1-9(17-2)11-4-3-7-18-14(11)19-13-8-10(15)5-6-12(13)16/h3-9,17H,1-2H3. The minimum atomic E-state index is 0.148. The third-order valence-electron chi connectivity index (χ3n) is 2.80. The Labute approximate surface area is 126 Å². The zero-order valence-corrected chi connectivity index (χ0v) is 13.0. The van der Waals surface area contributed by atoms with E-state index in [1.807, 2.05) is 38.2 Å². The van der Waals surface area contributed by atoms with E-state index >= 15 is 0 Å². The lowest BCUT2D eigenvalue weighted by atomic mass is 10.1. The lowest BCUT2D eigenvalue weighted by Crippen LogP contribution is -2.13. The molecule has 0 aliphatic carbocycles. The van der Waals surface area contributed by atoms with Crippen molar-refractivity contribution in [3.8, 4) is 11.6 Å². The average Bonchev–Trinajstić information content (AvgIpc) is 2.42. The van der Waals surface area contributed by atoms with Crippen LogP contribution in [0.25, 0.3) is 0 Å². The zero-order valence-electron chi connectivity index (χ0n) is 10.7. The van der Waals surface area contributed by atoms with E-state index < -0.39 is 0 Å². The Bertz CT molecular complexity index is 577. The number of rotatable bonds is 4. The van der Waals surface area contributed by atoms with Gasteiger partial charge in [0, 0.05) is 22.3 Å². The normalized spacial score (nSPS) is 12.2. The summed E-state index contributed by atoms with van der Waals surface area (Å²) in [5.41, 5.74) is 0.987. The molecule has 1 aromatic heterocycles. The molecule has 0 amide bonds. The average molecular weight is 342 g/mol. The summed E-state index contributed by atoms with van der Waals surface area (Å²) in [4.78, 5) is 4.28. The van der Waals surface area contributed by atoms with E-state index in [2.05, 4.69) is 26.2 Å². The van der Waals surface area contributed by atoms with Crippen molar-refractivity contribution in [1.82, 2.24) is 10.3 Å². The number of nitrogens with zero attached hydrogens (tertiary/aromatic N) is 1. The smallest absolute Gasteiger partial charge is 0.224 e. The third kappa shape index (κ3) is 3.47. The van der Waals surface area contributed by atoms with Crippen molar-refractivity contribution in [3.63, 3.8) is 0 Å². The first-order valence-corrected chi connectivity index (χ1v) is 7.04. The zero-order chi connectivity index (χ0) is 13.8. The quantitative estimate of drug-likeness (QED) is 0.884. The van der Waals surface area contributed by atoms with Crippen LogP contribution in [0.4, 0.5) is 0 Å². The van der Waals surface area contributed by atoms with E-state index in [0.29, 0.717) is 16.7 Å². The van der Waals surface area contributed by atoms with Gasteiger partial charge in [-0.2, -0.15) is 0 Å². The predicted octanol–water partition coefficient (Wildman–Crippen LogP) is 4.57. The molecule has 19 heavy (non-hydrogen) atoms.